The molecule has 1 atom stereocenters. The summed E-state index contributed by atoms with van der Waals surface area (Å²) in [6.45, 7) is 0.365. The van der Waals surface area contributed by atoms with Gasteiger partial charge < -0.3 is 19.4 Å². The van der Waals surface area contributed by atoms with Gasteiger partial charge in [-0.05, 0) is 54.7 Å². The number of hydrogen-bond donors (Lipinski definition) is 1. The van der Waals surface area contributed by atoms with Gasteiger partial charge in [-0.15, -0.1) is 0 Å². The standard InChI is InChI=1S/C28H32N2O4/c1-33-24-15-8-12-22(20-24)26(27(31)29-23-13-6-3-7-14-23)30(28(32)25-16-9-19-34-25)18-17-21-10-4-2-5-11-21/h2,4-5,8-12,15-16,19-20,23,26H,3,6-7,13-14,17-18H2,1H3,(H,29,31). The summed E-state index contributed by atoms with van der Waals surface area (Å²) in [6.07, 6.45) is 7.44. The van der Waals surface area contributed by atoms with Crippen molar-refractivity contribution in [1.29, 1.82) is 0 Å². The lowest BCUT2D eigenvalue weighted by atomic mass is 9.94. The molecule has 3 aromatic rings. The number of ether oxygens (including phenoxy) is 1. The molecule has 0 aliphatic heterocycles. The topological polar surface area (TPSA) is 71.8 Å². The summed E-state index contributed by atoms with van der Waals surface area (Å²) in [7, 11) is 1.59. The van der Waals surface area contributed by atoms with Crippen molar-refractivity contribution in [2.24, 2.45) is 0 Å². The molecule has 0 radical (unpaired) electrons. The second-order valence-corrected chi connectivity index (χ2v) is 8.73. The molecule has 0 saturated heterocycles. The molecule has 1 aliphatic carbocycles. The van der Waals surface area contributed by atoms with E-state index in [0.29, 0.717) is 24.3 Å². The molecule has 34 heavy (non-hydrogen) atoms. The van der Waals surface area contributed by atoms with E-state index in [1.165, 1.54) is 12.7 Å². The molecule has 1 aliphatic rings. The zero-order valence-electron chi connectivity index (χ0n) is 19.6. The van der Waals surface area contributed by atoms with Crippen molar-refractivity contribution < 1.29 is 18.7 Å². The number of hydrogen-bond acceptors (Lipinski definition) is 4. The van der Waals surface area contributed by atoms with Crippen LogP contribution in [-0.2, 0) is 11.2 Å². The molecule has 1 N–H and O–H groups in total. The van der Waals surface area contributed by atoms with Gasteiger partial charge in [0.05, 0.1) is 13.4 Å². The number of benzene rings is 2. The van der Waals surface area contributed by atoms with Gasteiger partial charge in [0, 0.05) is 12.6 Å². The maximum atomic E-state index is 13.8. The molecule has 1 aromatic heterocycles. The molecule has 1 unspecified atom stereocenters. The first-order chi connectivity index (χ1) is 16.7. The Morgan fingerprint density at radius 3 is 2.53 bits per heavy atom. The Morgan fingerprint density at radius 2 is 1.82 bits per heavy atom. The van der Waals surface area contributed by atoms with E-state index in [1.807, 2.05) is 54.6 Å². The number of nitrogens with zero attached hydrogens (tertiary/aromatic N) is 1. The summed E-state index contributed by atoms with van der Waals surface area (Å²) in [4.78, 5) is 29.0. The van der Waals surface area contributed by atoms with Crippen LogP contribution in [0.15, 0.2) is 77.4 Å². The van der Waals surface area contributed by atoms with E-state index in [2.05, 4.69) is 5.32 Å². The van der Waals surface area contributed by atoms with E-state index in [4.69, 9.17) is 9.15 Å². The van der Waals surface area contributed by atoms with Crippen LogP contribution >= 0.6 is 0 Å². The number of furan rings is 1. The van der Waals surface area contributed by atoms with Crippen molar-refractivity contribution in [1.82, 2.24) is 10.2 Å². The van der Waals surface area contributed by atoms with Gasteiger partial charge in [0.2, 0.25) is 5.91 Å². The third-order valence-electron chi connectivity index (χ3n) is 6.40. The molecular formula is C28H32N2O4. The maximum absolute atomic E-state index is 13.8. The zero-order valence-corrected chi connectivity index (χ0v) is 19.6. The number of nitrogens with one attached hydrogen (secondary N) is 1. The highest BCUT2D eigenvalue weighted by Gasteiger charge is 2.34. The lowest BCUT2D eigenvalue weighted by molar-refractivity contribution is -0.126. The lowest BCUT2D eigenvalue weighted by Gasteiger charge is -2.33. The van der Waals surface area contributed by atoms with Gasteiger partial charge in [-0.25, -0.2) is 0 Å². The van der Waals surface area contributed by atoms with Crippen LogP contribution in [0, 0.1) is 0 Å². The van der Waals surface area contributed by atoms with E-state index in [0.717, 1.165) is 31.2 Å². The SMILES string of the molecule is COc1cccc(C(C(=O)NC2CCCCC2)N(CCc2ccccc2)C(=O)c2ccco2)c1. The Kier molecular flexibility index (Phi) is 8.02. The van der Waals surface area contributed by atoms with E-state index < -0.39 is 6.04 Å². The molecule has 6 nitrogen and oxygen atoms in total. The van der Waals surface area contributed by atoms with Crippen LogP contribution in [0.3, 0.4) is 0 Å². The van der Waals surface area contributed by atoms with Crippen LogP contribution in [0.2, 0.25) is 0 Å². The highest BCUT2D eigenvalue weighted by atomic mass is 16.5. The first kappa shape index (κ1) is 23.6. The van der Waals surface area contributed by atoms with Crippen molar-refractivity contribution in [3.63, 3.8) is 0 Å². The molecular weight excluding hydrogens is 428 g/mol. The minimum Gasteiger partial charge on any atom is -0.497 e. The second kappa shape index (κ2) is 11.5. The van der Waals surface area contributed by atoms with Crippen molar-refractivity contribution in [3.05, 3.63) is 89.9 Å². The molecule has 178 valence electrons. The van der Waals surface area contributed by atoms with Gasteiger partial charge >= 0.3 is 0 Å². The van der Waals surface area contributed by atoms with Crippen LogP contribution in [-0.4, -0.2) is 36.4 Å². The molecule has 6 heteroatoms. The number of rotatable bonds is 9. The minimum atomic E-state index is -0.807. The first-order valence-corrected chi connectivity index (χ1v) is 12.0. The van der Waals surface area contributed by atoms with Crippen LogP contribution < -0.4 is 10.1 Å². The summed E-state index contributed by atoms with van der Waals surface area (Å²) in [5, 5.41) is 3.23. The van der Waals surface area contributed by atoms with Crippen LogP contribution in [0.1, 0.15) is 59.8 Å². The average molecular weight is 461 g/mol. The summed E-state index contributed by atoms with van der Waals surface area (Å²) >= 11 is 0. The molecule has 1 fully saturated rings. The summed E-state index contributed by atoms with van der Waals surface area (Å²) in [5.74, 6) is 0.369. The highest BCUT2D eigenvalue weighted by Crippen LogP contribution is 2.28. The van der Waals surface area contributed by atoms with E-state index in [1.54, 1.807) is 24.1 Å². The fraction of sp³-hybridized carbons (Fsp3) is 0.357. The number of amides is 2. The van der Waals surface area contributed by atoms with Gasteiger partial charge in [-0.2, -0.15) is 0 Å². The van der Waals surface area contributed by atoms with Crippen LogP contribution in [0.5, 0.6) is 5.75 Å². The smallest absolute Gasteiger partial charge is 0.290 e. The summed E-state index contributed by atoms with van der Waals surface area (Å²) in [5.41, 5.74) is 1.80. The molecule has 2 aromatic carbocycles. The number of methoxy groups -OCH3 is 1. The summed E-state index contributed by atoms with van der Waals surface area (Å²) < 4.78 is 10.9. The Balaban J connectivity index is 1.68. The third kappa shape index (κ3) is 5.87. The monoisotopic (exact) mass is 460 g/mol. The molecule has 1 heterocycles. The lowest BCUT2D eigenvalue weighted by Crippen LogP contribution is -2.47. The van der Waals surface area contributed by atoms with Crippen molar-refractivity contribution in [2.75, 3.05) is 13.7 Å². The predicted octanol–water partition coefficient (Wildman–Crippen LogP) is 5.16. The van der Waals surface area contributed by atoms with E-state index in [-0.39, 0.29) is 23.6 Å². The predicted molar refractivity (Wildman–Crippen MR) is 131 cm³/mol. The van der Waals surface area contributed by atoms with E-state index >= 15 is 0 Å². The zero-order chi connectivity index (χ0) is 23.8. The molecule has 2 amide bonds. The maximum Gasteiger partial charge on any atom is 0.290 e. The molecule has 4 rings (SSSR count). The Bertz CT molecular complexity index is 1060. The third-order valence-corrected chi connectivity index (χ3v) is 6.40. The fourth-order valence-corrected chi connectivity index (χ4v) is 4.60. The Labute approximate surface area is 200 Å². The normalized spacial score (nSPS) is 14.9. The van der Waals surface area contributed by atoms with Crippen LogP contribution in [0.4, 0.5) is 0 Å². The van der Waals surface area contributed by atoms with Gasteiger partial charge in [-0.1, -0.05) is 61.7 Å². The first-order valence-electron chi connectivity index (χ1n) is 12.0. The van der Waals surface area contributed by atoms with Crippen molar-refractivity contribution >= 4 is 11.8 Å². The van der Waals surface area contributed by atoms with Gasteiger partial charge in [0.15, 0.2) is 5.76 Å². The second-order valence-electron chi connectivity index (χ2n) is 8.73. The van der Waals surface area contributed by atoms with Gasteiger partial charge in [0.25, 0.3) is 5.91 Å². The quantitative estimate of drug-likeness (QED) is 0.479. The van der Waals surface area contributed by atoms with Crippen molar-refractivity contribution in [3.8, 4) is 5.75 Å². The molecule has 0 bridgehead atoms. The summed E-state index contributed by atoms with van der Waals surface area (Å²) in [6, 6.07) is 20.0. The van der Waals surface area contributed by atoms with Crippen molar-refractivity contribution in [2.45, 2.75) is 50.6 Å². The Hall–Kier alpha value is -3.54. The largest absolute Gasteiger partial charge is 0.497 e. The van der Waals surface area contributed by atoms with Gasteiger partial charge in [-0.3, -0.25) is 9.59 Å². The fourth-order valence-electron chi connectivity index (χ4n) is 4.60. The number of carbonyl (C=O) groups excluding carboxylic acids is 2. The Morgan fingerprint density at radius 1 is 1.03 bits per heavy atom. The average Bonchev–Trinajstić information content (AvgIpc) is 3.42. The van der Waals surface area contributed by atoms with Crippen LogP contribution in [0.25, 0.3) is 0 Å². The molecule has 0 spiro atoms. The minimum absolute atomic E-state index is 0.129. The number of carbonyl (C=O) groups is 2. The van der Waals surface area contributed by atoms with E-state index in [9.17, 15) is 9.59 Å². The molecule has 1 saturated carbocycles. The van der Waals surface area contributed by atoms with Gasteiger partial charge in [0.1, 0.15) is 11.8 Å². The highest BCUT2D eigenvalue weighted by molar-refractivity contribution is 5.96.